The first-order valence-corrected chi connectivity index (χ1v) is 5.81. The Morgan fingerprint density at radius 2 is 2.21 bits per heavy atom. The fourth-order valence-electron chi connectivity index (χ4n) is 1.78. The van der Waals surface area contributed by atoms with Gasteiger partial charge < -0.3 is 4.74 Å². The first-order valence-electron chi connectivity index (χ1n) is 5.81. The summed E-state index contributed by atoms with van der Waals surface area (Å²) in [6.45, 7) is 1.87. The zero-order chi connectivity index (χ0) is 13.8. The number of nitrogens with zero attached hydrogens (tertiary/aromatic N) is 2. The fourth-order valence-corrected chi connectivity index (χ4v) is 1.78. The third-order valence-electron chi connectivity index (χ3n) is 2.75. The Morgan fingerprint density at radius 1 is 1.42 bits per heavy atom. The monoisotopic (exact) mass is 258 g/mol. The molecule has 1 heterocycles. The van der Waals surface area contributed by atoms with Crippen molar-refractivity contribution in [3.63, 3.8) is 0 Å². The maximum absolute atomic E-state index is 12.2. The van der Waals surface area contributed by atoms with Crippen molar-refractivity contribution in [2.75, 3.05) is 7.11 Å². The molecule has 0 aliphatic rings. The van der Waals surface area contributed by atoms with Gasteiger partial charge in [-0.1, -0.05) is 6.07 Å². The van der Waals surface area contributed by atoms with E-state index in [2.05, 4.69) is 4.98 Å². The maximum atomic E-state index is 12.2. The Bertz CT molecular complexity index is 662. The van der Waals surface area contributed by atoms with Crippen LogP contribution in [0.4, 0.5) is 0 Å². The van der Waals surface area contributed by atoms with Gasteiger partial charge in [-0.15, -0.1) is 0 Å². The molecule has 0 aliphatic heterocycles. The number of benzene rings is 1. The number of Topliss-reactive ketones (excluding diaryl/α,β-unsaturated/α-hetero) is 1. The molecule has 2 aromatic rings. The van der Waals surface area contributed by atoms with E-state index in [1.54, 1.807) is 18.2 Å². The lowest BCUT2D eigenvalue weighted by Crippen LogP contribution is -2.25. The third-order valence-corrected chi connectivity index (χ3v) is 2.75. The second-order valence-electron chi connectivity index (χ2n) is 4.16. The van der Waals surface area contributed by atoms with Gasteiger partial charge in [0.2, 0.25) is 0 Å². The number of aromatic nitrogens is 2. The van der Waals surface area contributed by atoms with Crippen LogP contribution in [-0.4, -0.2) is 22.4 Å². The highest BCUT2D eigenvalue weighted by Crippen LogP contribution is 2.20. The average molecular weight is 258 g/mol. The summed E-state index contributed by atoms with van der Waals surface area (Å²) >= 11 is 0. The summed E-state index contributed by atoms with van der Waals surface area (Å²) in [7, 11) is 1.52. The van der Waals surface area contributed by atoms with Gasteiger partial charge in [-0.05, 0) is 30.7 Å². The zero-order valence-corrected chi connectivity index (χ0v) is 10.8. The van der Waals surface area contributed by atoms with Crippen molar-refractivity contribution in [1.82, 2.24) is 9.55 Å². The van der Waals surface area contributed by atoms with Crippen LogP contribution in [-0.2, 0) is 6.54 Å². The lowest BCUT2D eigenvalue weighted by Gasteiger charge is -2.09. The summed E-state index contributed by atoms with van der Waals surface area (Å²) in [5, 5.41) is 0. The highest BCUT2D eigenvalue weighted by Gasteiger charge is 2.13. The number of aryl methyl sites for hydroxylation is 1. The number of rotatable bonds is 4. The Hall–Kier alpha value is -2.43. The minimum Gasteiger partial charge on any atom is -0.496 e. The van der Waals surface area contributed by atoms with E-state index in [1.807, 2.05) is 13.0 Å². The van der Waals surface area contributed by atoms with E-state index < -0.39 is 5.69 Å². The second kappa shape index (κ2) is 5.48. The predicted molar refractivity (Wildman–Crippen MR) is 70.6 cm³/mol. The molecule has 0 atom stereocenters. The summed E-state index contributed by atoms with van der Waals surface area (Å²) in [6, 6.07) is 6.94. The summed E-state index contributed by atoms with van der Waals surface area (Å²) in [4.78, 5) is 27.3. The third kappa shape index (κ3) is 2.88. The lowest BCUT2D eigenvalue weighted by molar-refractivity contribution is 0.0967. The first kappa shape index (κ1) is 13.0. The second-order valence-corrected chi connectivity index (χ2v) is 4.16. The number of carbonyl (C=O) groups excluding carboxylic acids is 1. The number of carbonyl (C=O) groups is 1. The van der Waals surface area contributed by atoms with Crippen LogP contribution in [0.25, 0.3) is 0 Å². The van der Waals surface area contributed by atoms with Crippen molar-refractivity contribution in [1.29, 1.82) is 0 Å². The van der Waals surface area contributed by atoms with Gasteiger partial charge in [0.05, 0.1) is 19.2 Å². The van der Waals surface area contributed by atoms with E-state index >= 15 is 0 Å². The van der Waals surface area contributed by atoms with Crippen LogP contribution in [0, 0.1) is 6.92 Å². The Balaban J connectivity index is 2.31. The summed E-state index contributed by atoms with van der Waals surface area (Å²) in [5.74, 6) is 0.328. The molecule has 1 aromatic heterocycles. The number of hydrogen-bond donors (Lipinski definition) is 0. The molecule has 0 saturated heterocycles. The molecule has 0 N–H and O–H groups in total. The molecule has 0 radical (unpaired) electrons. The van der Waals surface area contributed by atoms with E-state index in [0.29, 0.717) is 11.3 Å². The van der Waals surface area contributed by atoms with Gasteiger partial charge in [0, 0.05) is 12.4 Å². The molecule has 0 fully saturated rings. The van der Waals surface area contributed by atoms with Gasteiger partial charge in [-0.25, -0.2) is 9.78 Å². The van der Waals surface area contributed by atoms with Gasteiger partial charge in [-0.3, -0.25) is 9.36 Å². The minimum absolute atomic E-state index is 0.0495. The maximum Gasteiger partial charge on any atom is 0.347 e. The number of ether oxygens (including phenoxy) is 1. The first-order chi connectivity index (χ1) is 9.11. The SMILES string of the molecule is COc1cc(C)ccc1C(=O)Cn1cccnc1=O. The molecule has 0 unspecified atom stereocenters. The fraction of sp³-hybridized carbons (Fsp3) is 0.214. The van der Waals surface area contributed by atoms with E-state index in [-0.39, 0.29) is 12.3 Å². The van der Waals surface area contributed by atoms with Crippen molar-refractivity contribution >= 4 is 5.78 Å². The predicted octanol–water partition coefficient (Wildman–Crippen LogP) is 1.44. The molecule has 0 saturated carbocycles. The van der Waals surface area contributed by atoms with Crippen LogP contribution in [0.5, 0.6) is 5.75 Å². The molecule has 5 heteroatoms. The molecule has 0 aliphatic carbocycles. The van der Waals surface area contributed by atoms with Crippen LogP contribution < -0.4 is 10.4 Å². The normalized spacial score (nSPS) is 10.2. The van der Waals surface area contributed by atoms with Crippen molar-refractivity contribution in [2.45, 2.75) is 13.5 Å². The van der Waals surface area contributed by atoms with E-state index in [4.69, 9.17) is 4.74 Å². The van der Waals surface area contributed by atoms with Gasteiger partial charge in [0.25, 0.3) is 0 Å². The van der Waals surface area contributed by atoms with Crippen molar-refractivity contribution < 1.29 is 9.53 Å². The largest absolute Gasteiger partial charge is 0.496 e. The standard InChI is InChI=1S/C14H14N2O3/c1-10-4-5-11(13(8-10)19-2)12(17)9-16-7-3-6-15-14(16)18/h3-8H,9H2,1-2H3. The molecule has 1 aromatic carbocycles. The van der Waals surface area contributed by atoms with Gasteiger partial charge in [-0.2, -0.15) is 0 Å². The number of ketones is 1. The average Bonchev–Trinajstić information content (AvgIpc) is 2.41. The molecule has 2 rings (SSSR count). The number of methoxy groups -OCH3 is 1. The lowest BCUT2D eigenvalue weighted by atomic mass is 10.1. The summed E-state index contributed by atoms with van der Waals surface area (Å²) < 4.78 is 6.46. The quantitative estimate of drug-likeness (QED) is 0.779. The summed E-state index contributed by atoms with van der Waals surface area (Å²) in [6.07, 6.45) is 2.93. The van der Waals surface area contributed by atoms with Crippen molar-refractivity contribution in [3.05, 3.63) is 58.3 Å². The Kier molecular flexibility index (Phi) is 3.75. The van der Waals surface area contributed by atoms with Crippen molar-refractivity contribution in [2.24, 2.45) is 0 Å². The van der Waals surface area contributed by atoms with Gasteiger partial charge >= 0.3 is 5.69 Å². The molecule has 19 heavy (non-hydrogen) atoms. The highest BCUT2D eigenvalue weighted by molar-refractivity contribution is 5.98. The van der Waals surface area contributed by atoms with Crippen LogP contribution in [0.15, 0.2) is 41.5 Å². The van der Waals surface area contributed by atoms with Crippen LogP contribution >= 0.6 is 0 Å². The van der Waals surface area contributed by atoms with Crippen molar-refractivity contribution in [3.8, 4) is 5.75 Å². The zero-order valence-electron chi connectivity index (χ0n) is 10.8. The van der Waals surface area contributed by atoms with E-state index in [1.165, 1.54) is 24.1 Å². The van der Waals surface area contributed by atoms with Crippen LogP contribution in [0.3, 0.4) is 0 Å². The minimum atomic E-state index is -0.443. The van der Waals surface area contributed by atoms with E-state index in [0.717, 1.165) is 5.56 Å². The molecule has 5 nitrogen and oxygen atoms in total. The topological polar surface area (TPSA) is 61.2 Å². The molecule has 0 amide bonds. The van der Waals surface area contributed by atoms with E-state index in [9.17, 15) is 9.59 Å². The Morgan fingerprint density at radius 3 is 2.89 bits per heavy atom. The van der Waals surface area contributed by atoms with Crippen LogP contribution in [0.1, 0.15) is 15.9 Å². The molecular weight excluding hydrogens is 244 g/mol. The number of hydrogen-bond acceptors (Lipinski definition) is 4. The Labute approximate surface area is 110 Å². The molecular formula is C14H14N2O3. The molecule has 98 valence electrons. The van der Waals surface area contributed by atoms with Gasteiger partial charge in [0.1, 0.15) is 5.75 Å². The summed E-state index contributed by atoms with van der Waals surface area (Å²) in [5.41, 5.74) is 1.03. The molecule has 0 bridgehead atoms. The molecule has 0 spiro atoms. The smallest absolute Gasteiger partial charge is 0.347 e. The van der Waals surface area contributed by atoms with Crippen LogP contribution in [0.2, 0.25) is 0 Å². The van der Waals surface area contributed by atoms with Gasteiger partial charge in [0.15, 0.2) is 5.78 Å². The highest BCUT2D eigenvalue weighted by atomic mass is 16.5.